The number of hydrogen-bond acceptors (Lipinski definition) is 4. The summed E-state index contributed by atoms with van der Waals surface area (Å²) in [5.41, 5.74) is 0. The second-order valence-electron chi connectivity index (χ2n) is 6.66. The Morgan fingerprint density at radius 1 is 1.29 bits per heavy atom. The van der Waals surface area contributed by atoms with E-state index in [2.05, 4.69) is 28.5 Å². The average molecular weight is 334 g/mol. The smallest absolute Gasteiger partial charge is 0.191 e. The molecule has 2 fully saturated rings. The molecule has 2 N–H and O–H groups in total. The van der Waals surface area contributed by atoms with E-state index in [4.69, 9.17) is 14.1 Å². The molecule has 0 spiro atoms. The molecule has 1 saturated carbocycles. The van der Waals surface area contributed by atoms with Gasteiger partial charge in [-0.05, 0) is 44.7 Å². The largest absolute Gasteiger partial charge is 0.465 e. The Balaban J connectivity index is 1.67. The molecule has 6 nitrogen and oxygen atoms in total. The van der Waals surface area contributed by atoms with Gasteiger partial charge in [-0.3, -0.25) is 9.89 Å². The van der Waals surface area contributed by atoms with Crippen molar-refractivity contribution >= 4 is 5.96 Å². The van der Waals surface area contributed by atoms with Gasteiger partial charge in [-0.1, -0.05) is 0 Å². The van der Waals surface area contributed by atoms with Crippen LogP contribution < -0.4 is 10.6 Å². The maximum atomic E-state index is 5.91. The molecule has 0 aromatic carbocycles. The Kier molecular flexibility index (Phi) is 6.15. The summed E-state index contributed by atoms with van der Waals surface area (Å²) in [5, 5.41) is 6.81. The summed E-state index contributed by atoms with van der Waals surface area (Å²) in [5.74, 6) is 3.68. The second-order valence-corrected chi connectivity index (χ2v) is 6.66. The van der Waals surface area contributed by atoms with Gasteiger partial charge in [0.1, 0.15) is 11.5 Å². The van der Waals surface area contributed by atoms with Crippen LogP contribution in [0.2, 0.25) is 0 Å². The minimum absolute atomic E-state index is 0.166. The van der Waals surface area contributed by atoms with Crippen LogP contribution in [0.3, 0.4) is 0 Å². The Morgan fingerprint density at radius 3 is 2.71 bits per heavy atom. The molecule has 0 radical (unpaired) electrons. The maximum absolute atomic E-state index is 5.91. The van der Waals surface area contributed by atoms with Crippen LogP contribution in [0.25, 0.3) is 0 Å². The van der Waals surface area contributed by atoms with Gasteiger partial charge >= 0.3 is 0 Å². The third-order valence-corrected chi connectivity index (χ3v) is 4.60. The monoisotopic (exact) mass is 334 g/mol. The molecule has 2 heterocycles. The van der Waals surface area contributed by atoms with Crippen molar-refractivity contribution in [2.75, 3.05) is 45.9 Å². The van der Waals surface area contributed by atoms with Crippen molar-refractivity contribution in [1.82, 2.24) is 15.5 Å². The fourth-order valence-electron chi connectivity index (χ4n) is 2.99. The molecule has 1 aliphatic carbocycles. The number of ether oxygens (including phenoxy) is 1. The Morgan fingerprint density at radius 2 is 2.08 bits per heavy atom. The van der Waals surface area contributed by atoms with E-state index >= 15 is 0 Å². The van der Waals surface area contributed by atoms with Crippen molar-refractivity contribution < 1.29 is 9.15 Å². The van der Waals surface area contributed by atoms with Gasteiger partial charge in [-0.2, -0.15) is 0 Å². The first-order valence-electron chi connectivity index (χ1n) is 9.16. The zero-order chi connectivity index (χ0) is 16.8. The number of aryl methyl sites for hydroxylation is 1. The number of rotatable bonds is 7. The summed E-state index contributed by atoms with van der Waals surface area (Å²) >= 11 is 0. The fraction of sp³-hybridized carbons (Fsp3) is 0.722. The maximum Gasteiger partial charge on any atom is 0.191 e. The van der Waals surface area contributed by atoms with Crippen molar-refractivity contribution in [1.29, 1.82) is 0 Å². The van der Waals surface area contributed by atoms with Crippen molar-refractivity contribution in [3.05, 3.63) is 23.7 Å². The number of nitrogens with one attached hydrogen (secondary N) is 2. The lowest BCUT2D eigenvalue weighted by Crippen LogP contribution is -2.42. The summed E-state index contributed by atoms with van der Waals surface area (Å²) in [6.07, 6.45) is 2.68. The van der Waals surface area contributed by atoms with Crippen LogP contribution in [0, 0.1) is 12.8 Å². The molecule has 0 amide bonds. The van der Waals surface area contributed by atoms with E-state index in [9.17, 15) is 0 Å². The molecule has 1 unspecified atom stereocenters. The molecule has 1 aromatic rings. The SMILES string of the molecule is CCNC(=NCC(c1ccc(C)o1)N1CCOCC1)NCC1CC1. The summed E-state index contributed by atoms with van der Waals surface area (Å²) < 4.78 is 11.4. The lowest BCUT2D eigenvalue weighted by Gasteiger charge is -2.32. The highest BCUT2D eigenvalue weighted by Crippen LogP contribution is 2.27. The summed E-state index contributed by atoms with van der Waals surface area (Å²) in [6.45, 7) is 10.1. The fourth-order valence-corrected chi connectivity index (χ4v) is 2.99. The van der Waals surface area contributed by atoms with Crippen LogP contribution in [0.1, 0.15) is 37.3 Å². The van der Waals surface area contributed by atoms with E-state index in [1.165, 1.54) is 12.8 Å². The standard InChI is InChI=1S/C18H30N4O2/c1-3-19-18(20-12-15-5-6-15)21-13-16(17-7-4-14(2)24-17)22-8-10-23-11-9-22/h4,7,15-16H,3,5-6,8-13H2,1-2H3,(H2,19,20,21). The molecule has 1 atom stereocenters. The van der Waals surface area contributed by atoms with E-state index in [0.29, 0.717) is 6.54 Å². The highest BCUT2D eigenvalue weighted by Gasteiger charge is 2.25. The molecular formula is C18H30N4O2. The number of aliphatic imine (C=N–C) groups is 1. The van der Waals surface area contributed by atoms with Crippen molar-refractivity contribution in [3.8, 4) is 0 Å². The van der Waals surface area contributed by atoms with E-state index in [0.717, 1.165) is 62.8 Å². The van der Waals surface area contributed by atoms with Gasteiger partial charge in [-0.25, -0.2) is 0 Å². The van der Waals surface area contributed by atoms with Crippen molar-refractivity contribution in [2.24, 2.45) is 10.9 Å². The molecule has 3 rings (SSSR count). The zero-order valence-corrected chi connectivity index (χ0v) is 14.9. The number of furan rings is 1. The molecule has 24 heavy (non-hydrogen) atoms. The van der Waals surface area contributed by atoms with Gasteiger partial charge in [0.25, 0.3) is 0 Å². The van der Waals surface area contributed by atoms with Crippen molar-refractivity contribution in [3.63, 3.8) is 0 Å². The molecule has 1 saturated heterocycles. The van der Waals surface area contributed by atoms with Crippen LogP contribution in [0.4, 0.5) is 0 Å². The quantitative estimate of drug-likeness (QED) is 0.589. The van der Waals surface area contributed by atoms with Gasteiger partial charge in [0.15, 0.2) is 5.96 Å². The van der Waals surface area contributed by atoms with Gasteiger partial charge in [0.2, 0.25) is 0 Å². The van der Waals surface area contributed by atoms with Crippen LogP contribution >= 0.6 is 0 Å². The molecule has 134 valence electrons. The summed E-state index contributed by atoms with van der Waals surface area (Å²) in [4.78, 5) is 7.24. The normalized spacial score (nSPS) is 20.8. The number of morpholine rings is 1. The van der Waals surface area contributed by atoms with E-state index < -0.39 is 0 Å². The Labute approximate surface area is 144 Å². The van der Waals surface area contributed by atoms with E-state index in [1.54, 1.807) is 0 Å². The lowest BCUT2D eigenvalue weighted by molar-refractivity contribution is 0.0135. The minimum atomic E-state index is 0.166. The molecule has 0 bridgehead atoms. The van der Waals surface area contributed by atoms with Crippen LogP contribution in [-0.4, -0.2) is 56.8 Å². The van der Waals surface area contributed by atoms with Gasteiger partial charge < -0.3 is 19.8 Å². The molecule has 6 heteroatoms. The first kappa shape index (κ1) is 17.3. The highest BCUT2D eigenvalue weighted by atomic mass is 16.5. The molecule has 1 aromatic heterocycles. The molecule has 1 aliphatic heterocycles. The van der Waals surface area contributed by atoms with E-state index in [-0.39, 0.29) is 6.04 Å². The highest BCUT2D eigenvalue weighted by molar-refractivity contribution is 5.79. The molecular weight excluding hydrogens is 304 g/mol. The number of hydrogen-bond donors (Lipinski definition) is 2. The van der Waals surface area contributed by atoms with Crippen LogP contribution in [0.5, 0.6) is 0 Å². The number of guanidine groups is 1. The number of nitrogens with zero attached hydrogens (tertiary/aromatic N) is 2. The zero-order valence-electron chi connectivity index (χ0n) is 14.9. The molecule has 2 aliphatic rings. The average Bonchev–Trinajstić information content (AvgIpc) is 3.34. The minimum Gasteiger partial charge on any atom is -0.465 e. The van der Waals surface area contributed by atoms with Gasteiger partial charge in [0, 0.05) is 26.2 Å². The summed E-state index contributed by atoms with van der Waals surface area (Å²) in [7, 11) is 0. The Bertz CT molecular complexity index is 533. The predicted molar refractivity (Wildman–Crippen MR) is 95.3 cm³/mol. The second kappa shape index (κ2) is 8.53. The van der Waals surface area contributed by atoms with E-state index in [1.807, 2.05) is 13.0 Å². The Hall–Kier alpha value is -1.53. The predicted octanol–water partition coefficient (Wildman–Crippen LogP) is 1.93. The van der Waals surface area contributed by atoms with Gasteiger partial charge in [-0.15, -0.1) is 0 Å². The summed E-state index contributed by atoms with van der Waals surface area (Å²) in [6, 6.07) is 4.28. The van der Waals surface area contributed by atoms with Crippen LogP contribution in [0.15, 0.2) is 21.5 Å². The topological polar surface area (TPSA) is 62.0 Å². The first-order chi connectivity index (χ1) is 11.8. The van der Waals surface area contributed by atoms with Gasteiger partial charge in [0.05, 0.1) is 25.8 Å². The van der Waals surface area contributed by atoms with Crippen molar-refractivity contribution in [2.45, 2.75) is 32.7 Å². The lowest BCUT2D eigenvalue weighted by atomic mass is 10.1. The van der Waals surface area contributed by atoms with Crippen LogP contribution in [-0.2, 0) is 4.74 Å². The third kappa shape index (κ3) is 4.98. The first-order valence-corrected chi connectivity index (χ1v) is 9.16. The third-order valence-electron chi connectivity index (χ3n) is 4.60.